The van der Waals surface area contributed by atoms with Crippen LogP contribution in [0.15, 0.2) is 267 Å². The first-order valence-corrected chi connectivity index (χ1v) is 48.0. The van der Waals surface area contributed by atoms with E-state index < -0.39 is 0 Å². The molecule has 1 saturated heterocycles. The lowest BCUT2D eigenvalue weighted by Gasteiger charge is -2.17. The molecule has 5 N–H and O–H groups in total. The summed E-state index contributed by atoms with van der Waals surface area (Å²) in [6.45, 7) is 12.4. The molecule has 2 fully saturated rings. The summed E-state index contributed by atoms with van der Waals surface area (Å²) in [5.74, 6) is 2.95. The van der Waals surface area contributed by atoms with Crippen molar-refractivity contribution in [1.82, 2.24) is 155 Å². The van der Waals surface area contributed by atoms with Gasteiger partial charge in [0.25, 0.3) is 0 Å². The highest BCUT2D eigenvalue weighted by atomic mass is 16.5. The number of nitrogens with one attached hydrogen (secondary N) is 5. The van der Waals surface area contributed by atoms with Crippen molar-refractivity contribution in [2.24, 2.45) is 0 Å². The molecule has 742 valence electrons. The van der Waals surface area contributed by atoms with Crippen molar-refractivity contribution in [3.05, 3.63) is 273 Å². The predicted octanol–water partition coefficient (Wildman–Crippen LogP) is 12.4. The molecule has 1 atom stereocenters. The van der Waals surface area contributed by atoms with Crippen molar-refractivity contribution in [3.8, 4) is 113 Å². The SMILES string of the molecule is CCCCNC(=O)Cc1nc(-c2cccc(-c3cn4ncccc4n3)c2)no1.CCN(CC)CCNC(=O)Cc1nc(-c2cccc(-c3cn4ncccc4n3)c2)no1.COCCNC(=O)Cc1nc(-c2cccc(-c3cn4ncccc4n3)c2)no1.O=C(Cc1nc(-c2cccc(-c3cn4ncccc4n3)c2)no1)NC1CCCC1.O=C(Cc1nc(-c2cccc(-c3cn4ncccc4n3)c2)no1)NCC1CCCO1. The van der Waals surface area contributed by atoms with Crippen LogP contribution in [-0.2, 0) is 65.6 Å². The van der Waals surface area contributed by atoms with Gasteiger partial charge in [-0.25, -0.2) is 47.5 Å². The Morgan fingerprint density at radius 3 is 0.945 bits per heavy atom. The number of hydrogen-bond donors (Lipinski definition) is 5. The monoisotopic (exact) mass is 1970 g/mol. The molecule has 1 aliphatic carbocycles. The number of nitrogens with zero attached hydrogens (tertiary/aromatic N) is 26. The fourth-order valence-corrected chi connectivity index (χ4v) is 16.1. The van der Waals surface area contributed by atoms with E-state index in [-0.39, 0.29) is 91.5 Å². The zero-order valence-corrected chi connectivity index (χ0v) is 80.3. The van der Waals surface area contributed by atoms with Crippen LogP contribution in [0.2, 0.25) is 0 Å². The molecule has 43 heteroatoms. The molecule has 5 aromatic carbocycles. The third-order valence-electron chi connectivity index (χ3n) is 23.6. The number of carbonyl (C=O) groups excluding carboxylic acids is 5. The Kier molecular flexibility index (Phi) is 32.4. The Hall–Kier alpha value is -17.9. The molecule has 2 aliphatic rings. The molecule has 0 radical (unpaired) electrons. The van der Waals surface area contributed by atoms with E-state index in [1.54, 1.807) is 60.7 Å². The van der Waals surface area contributed by atoms with Gasteiger partial charge >= 0.3 is 0 Å². The lowest BCUT2D eigenvalue weighted by atomic mass is 10.1. The maximum Gasteiger partial charge on any atom is 0.236 e. The number of benzene rings is 5. The predicted molar refractivity (Wildman–Crippen MR) is 533 cm³/mol. The molecule has 43 nitrogen and oxygen atoms in total. The number of imidazole rings is 5. The highest BCUT2D eigenvalue weighted by Crippen LogP contribution is 2.32. The van der Waals surface area contributed by atoms with Crippen molar-refractivity contribution >= 4 is 57.8 Å². The fourth-order valence-electron chi connectivity index (χ4n) is 16.1. The molecule has 1 aliphatic heterocycles. The van der Waals surface area contributed by atoms with Crippen molar-refractivity contribution in [3.63, 3.8) is 0 Å². The first-order chi connectivity index (χ1) is 71.6. The molecular weight excluding hydrogens is 1860 g/mol. The van der Waals surface area contributed by atoms with E-state index in [1.807, 2.05) is 213 Å². The van der Waals surface area contributed by atoms with E-state index >= 15 is 0 Å². The number of unbranched alkanes of at least 4 members (excludes halogenated alkanes) is 1. The van der Waals surface area contributed by atoms with Crippen molar-refractivity contribution in [2.75, 3.05) is 66.1 Å². The minimum Gasteiger partial charge on any atom is -0.383 e. The summed E-state index contributed by atoms with van der Waals surface area (Å²) in [5.41, 5.74) is 16.4. The molecule has 1 unspecified atom stereocenters. The zero-order chi connectivity index (χ0) is 100. The van der Waals surface area contributed by atoms with Crippen LogP contribution in [0.25, 0.3) is 141 Å². The topological polar surface area (TPSA) is 513 Å². The van der Waals surface area contributed by atoms with Crippen LogP contribution < -0.4 is 26.6 Å². The maximum absolute atomic E-state index is 12.2. The van der Waals surface area contributed by atoms with Gasteiger partial charge in [0.1, 0.15) is 32.1 Å². The zero-order valence-electron chi connectivity index (χ0n) is 80.3. The van der Waals surface area contributed by atoms with Crippen molar-refractivity contribution in [2.45, 2.75) is 116 Å². The van der Waals surface area contributed by atoms with Gasteiger partial charge < -0.3 is 63.6 Å². The van der Waals surface area contributed by atoms with Gasteiger partial charge in [0.05, 0.1) is 72.2 Å². The molecule has 16 heterocycles. The largest absolute Gasteiger partial charge is 0.383 e. The summed E-state index contributed by atoms with van der Waals surface area (Å²) in [5, 5.41) is 55.7. The maximum atomic E-state index is 12.2. The third kappa shape index (κ3) is 26.1. The third-order valence-corrected chi connectivity index (χ3v) is 23.6. The first kappa shape index (κ1) is 98.3. The molecule has 5 amide bonds. The van der Waals surface area contributed by atoms with Crippen molar-refractivity contribution in [1.29, 1.82) is 0 Å². The van der Waals surface area contributed by atoms with Gasteiger partial charge in [-0.2, -0.15) is 50.4 Å². The average Bonchev–Trinajstić information content (AvgIpc) is 1.68. The molecule has 20 aromatic rings. The number of fused-ring (bicyclic) bond motifs is 5. The van der Waals surface area contributed by atoms with Gasteiger partial charge in [0.2, 0.25) is 88.1 Å². The van der Waals surface area contributed by atoms with Crippen LogP contribution in [0.4, 0.5) is 0 Å². The second-order valence-electron chi connectivity index (χ2n) is 34.0. The number of methoxy groups -OCH3 is 1. The fraction of sp³-hybridized carbons (Fsp3) is 0.272. The molecular formula is C103H103N31O12. The summed E-state index contributed by atoms with van der Waals surface area (Å²) in [6, 6.07) is 57.6. The number of hydrogen-bond acceptors (Lipinski definition) is 33. The number of amides is 5. The average molecular weight is 1970 g/mol. The molecule has 0 spiro atoms. The molecule has 15 aromatic heterocycles. The van der Waals surface area contributed by atoms with Gasteiger partial charge in [0.15, 0.2) is 28.2 Å². The minimum atomic E-state index is -0.196. The van der Waals surface area contributed by atoms with Crippen molar-refractivity contribution < 1.29 is 56.1 Å². The van der Waals surface area contributed by atoms with E-state index in [9.17, 15) is 24.0 Å². The van der Waals surface area contributed by atoms with Gasteiger partial charge in [-0.05, 0) is 136 Å². The summed E-state index contributed by atoms with van der Waals surface area (Å²) in [6.07, 6.45) is 26.8. The van der Waals surface area contributed by atoms with Crippen LogP contribution >= 0.6 is 0 Å². The summed E-state index contributed by atoms with van der Waals surface area (Å²) in [4.78, 5) is 107. The quantitative estimate of drug-likeness (QED) is 0.0234. The van der Waals surface area contributed by atoms with E-state index in [1.165, 1.54) is 12.8 Å². The van der Waals surface area contributed by atoms with Crippen LogP contribution in [-0.4, -0.2) is 236 Å². The number of rotatable bonds is 34. The minimum absolute atomic E-state index is 0.0223. The molecule has 0 bridgehead atoms. The lowest BCUT2D eigenvalue weighted by molar-refractivity contribution is -0.122. The number of likely N-dealkylation sites (N-methyl/N-ethyl adjacent to an activating group) is 1. The smallest absolute Gasteiger partial charge is 0.236 e. The van der Waals surface area contributed by atoms with Crippen LogP contribution in [0.5, 0.6) is 0 Å². The second-order valence-corrected chi connectivity index (χ2v) is 34.0. The highest BCUT2D eigenvalue weighted by Gasteiger charge is 2.25. The second kappa shape index (κ2) is 48.1. The van der Waals surface area contributed by atoms with Gasteiger partial charge in [-0.15, -0.1) is 0 Å². The summed E-state index contributed by atoms with van der Waals surface area (Å²) >= 11 is 0. The van der Waals surface area contributed by atoms with Gasteiger partial charge in [-0.1, -0.05) is 157 Å². The lowest BCUT2D eigenvalue weighted by Crippen LogP contribution is -2.35. The summed E-state index contributed by atoms with van der Waals surface area (Å²) < 4.78 is 45.3. The number of ether oxygens (including phenoxy) is 2. The Morgan fingerprint density at radius 1 is 0.349 bits per heavy atom. The Bertz CT molecular complexity index is 7460. The normalized spacial score (nSPS) is 12.8. The van der Waals surface area contributed by atoms with Gasteiger partial charge in [0, 0.05) is 139 Å². The first-order valence-electron chi connectivity index (χ1n) is 48.0. The van der Waals surface area contributed by atoms with Crippen LogP contribution in [0.1, 0.15) is 102 Å². The summed E-state index contributed by atoms with van der Waals surface area (Å²) in [7, 11) is 1.58. The van der Waals surface area contributed by atoms with Crippen LogP contribution in [0.3, 0.4) is 0 Å². The Morgan fingerprint density at radius 2 is 0.651 bits per heavy atom. The Labute approximate surface area is 833 Å². The van der Waals surface area contributed by atoms with E-state index in [4.69, 9.17) is 32.1 Å². The number of aromatic nitrogens is 25. The Balaban J connectivity index is 0.000000120. The molecule has 22 rings (SSSR count). The standard InChI is InChI=1S/C22H25N7O2.C21H20N6O3.C21H20N6O2.C20H20N6O2.C19H18N6O3/c1-3-28(4-2)12-11-23-20(30)14-21-26-22(27-31-21)17-8-5-7-16(13-17)18-15-29-19(25-18)9-6-10-24-29;28-19(22-12-16-6-3-9-29-16)11-20-25-21(26-30-20)15-5-1-4-14(10-15)17-13-27-18(24-17)7-2-8-23-27;28-19(23-16-7-1-2-8-16)12-20-25-21(26-29-20)15-6-3-5-14(11-15)17-13-27-18(24-17)9-4-10-22-27;1-2-3-9-21-18(27)12-19-24-20(25-28-19)15-7-4-6-14(11-15)16-13-26-17(23-16)8-5-10-22-26;1-27-9-8-20-17(26)11-18-23-19(24-28-18)14-5-2-4-13(10-14)15-12-25-16(22-15)6-3-7-21-25/h5-10,13,15H,3-4,11-12,14H2,1-2H3,(H,23,30);1-2,4-5,7-8,10,13,16H,3,6,9,11-12H2,(H,22,28);3-6,9-11,13,16H,1-2,7-8,12H2,(H,23,28);4-8,10-11,13H,2-3,9,12H2,1H3,(H,21,27);2-7,10,12H,8-9,11H2,1H3,(H,20,26). The van der Waals surface area contributed by atoms with E-state index in [0.29, 0.717) is 73.7 Å². The number of carbonyl (C=O) groups is 5. The highest BCUT2D eigenvalue weighted by molar-refractivity contribution is 5.82. The molecule has 1 saturated carbocycles. The molecule has 146 heavy (non-hydrogen) atoms. The van der Waals surface area contributed by atoms with Gasteiger partial charge in [-0.3, -0.25) is 24.0 Å². The van der Waals surface area contributed by atoms with E-state index in [0.717, 1.165) is 177 Å². The van der Waals surface area contributed by atoms with Crippen LogP contribution in [0, 0.1) is 0 Å². The van der Waals surface area contributed by atoms with E-state index in [2.05, 4.69) is 153 Å².